The average Bonchev–Trinajstić information content (AvgIpc) is 3.20. The lowest BCUT2D eigenvalue weighted by Crippen LogP contribution is -2.53. The van der Waals surface area contributed by atoms with Gasteiger partial charge in [-0.3, -0.25) is 9.35 Å². The fourth-order valence-corrected chi connectivity index (χ4v) is 11.2. The molecule has 9 atom stereocenters. The number of fused-ring (bicyclic) bond motifs is 5. The van der Waals surface area contributed by atoms with Gasteiger partial charge in [0.05, 0.1) is 20.6 Å². The van der Waals surface area contributed by atoms with Crippen LogP contribution in [0.2, 0.25) is 0 Å². The van der Waals surface area contributed by atoms with Gasteiger partial charge in [-0.2, -0.15) is 8.42 Å². The van der Waals surface area contributed by atoms with E-state index in [1.54, 1.807) is 0 Å². The minimum atomic E-state index is -4.19. The highest BCUT2D eigenvalue weighted by molar-refractivity contribution is 7.85. The molecule has 8 heteroatoms. The topological polar surface area (TPSA) is 104 Å². The van der Waals surface area contributed by atoms with Crippen LogP contribution in [-0.4, -0.2) is 74.1 Å². The molecule has 1 amide bonds. The zero-order chi connectivity index (χ0) is 29.3. The van der Waals surface area contributed by atoms with Gasteiger partial charge in [0.25, 0.3) is 10.1 Å². The van der Waals surface area contributed by atoms with Crippen molar-refractivity contribution < 1.29 is 27.4 Å². The fraction of sp³-hybridized carbons (Fsp3) is 0.969. The molecular weight excluding hydrogens is 524 g/mol. The van der Waals surface area contributed by atoms with Crippen molar-refractivity contribution in [2.24, 2.45) is 46.3 Å². The second kappa shape index (κ2) is 12.5. The van der Waals surface area contributed by atoms with E-state index in [4.69, 9.17) is 4.55 Å². The smallest absolute Gasteiger partial charge is 0.267 e. The van der Waals surface area contributed by atoms with Crippen molar-refractivity contribution in [2.75, 3.05) is 39.5 Å². The molecule has 6 unspecified atom stereocenters. The molecular formula is C32H59N2O5S+. The minimum absolute atomic E-state index is 0.121. The molecule has 40 heavy (non-hydrogen) atoms. The molecule has 4 aliphatic rings. The van der Waals surface area contributed by atoms with Crippen molar-refractivity contribution in [2.45, 2.75) is 110 Å². The maximum absolute atomic E-state index is 12.7. The lowest BCUT2D eigenvalue weighted by Gasteiger charge is -2.61. The van der Waals surface area contributed by atoms with Gasteiger partial charge in [-0.25, -0.2) is 0 Å². The number of aliphatic hydroxyl groups is 1. The fourth-order valence-electron chi connectivity index (χ4n) is 10.6. The second-order valence-corrected chi connectivity index (χ2v) is 17.1. The predicted octanol–water partition coefficient (Wildman–Crippen LogP) is 5.28. The van der Waals surface area contributed by atoms with E-state index in [0.717, 1.165) is 42.4 Å². The number of nitrogens with one attached hydrogen (secondary N) is 1. The highest BCUT2D eigenvalue weighted by atomic mass is 32.2. The van der Waals surface area contributed by atoms with E-state index in [9.17, 15) is 18.3 Å². The van der Waals surface area contributed by atoms with E-state index >= 15 is 0 Å². The number of amides is 1. The standard InChI is InChI=1S/C32H58N2O5S/c1-23(10-15-30(36)33-19-8-20-34(4,5)21-25(35)22-40(37,38)39)27-13-14-28-26-12-11-24-9-6-7-17-31(24,2)29(26)16-18-32(27,28)3/h23-29,35H,6-22H2,1-5H3,(H-,33,36,37,38,39)/p+1/t23-,24?,25?,26?,27?,28?,29?,31+,32-/m1/s1. The summed E-state index contributed by atoms with van der Waals surface area (Å²) in [6.45, 7) is 9.18. The van der Waals surface area contributed by atoms with E-state index in [0.29, 0.717) is 40.7 Å². The monoisotopic (exact) mass is 583 g/mol. The van der Waals surface area contributed by atoms with Crippen LogP contribution >= 0.6 is 0 Å². The summed E-state index contributed by atoms with van der Waals surface area (Å²) in [7, 11) is -0.357. The van der Waals surface area contributed by atoms with Gasteiger partial charge in [0.15, 0.2) is 0 Å². The SMILES string of the molecule is C[C@H](CCC(=O)NCCC[N+](C)(C)CC(O)CS(=O)(=O)O)C1CCC2C3CCC4CCCC[C@]4(C)C3CC[C@@]21C. The molecule has 232 valence electrons. The molecule has 3 N–H and O–H groups in total. The first kappa shape index (κ1) is 32.2. The highest BCUT2D eigenvalue weighted by Gasteiger charge is 2.60. The van der Waals surface area contributed by atoms with E-state index in [-0.39, 0.29) is 12.5 Å². The van der Waals surface area contributed by atoms with Gasteiger partial charge < -0.3 is 14.9 Å². The summed E-state index contributed by atoms with van der Waals surface area (Å²) < 4.78 is 31.4. The third-order valence-corrected chi connectivity index (χ3v) is 13.3. The summed E-state index contributed by atoms with van der Waals surface area (Å²) in [6, 6.07) is 0. The van der Waals surface area contributed by atoms with E-state index < -0.39 is 22.0 Å². The molecule has 4 fully saturated rings. The average molecular weight is 584 g/mol. The molecule has 0 aliphatic heterocycles. The number of aliphatic hydroxyl groups excluding tert-OH is 1. The number of nitrogens with zero attached hydrogens (tertiary/aromatic N) is 1. The molecule has 7 nitrogen and oxygen atoms in total. The van der Waals surface area contributed by atoms with Crippen molar-refractivity contribution in [3.63, 3.8) is 0 Å². The van der Waals surface area contributed by atoms with Crippen LogP contribution in [0.15, 0.2) is 0 Å². The number of carbonyl (C=O) groups excluding carboxylic acids is 1. The number of rotatable bonds is 12. The van der Waals surface area contributed by atoms with Crippen LogP contribution in [-0.2, 0) is 14.9 Å². The summed E-state index contributed by atoms with van der Waals surface area (Å²) in [5.74, 6) is 4.50. The zero-order valence-corrected chi connectivity index (χ0v) is 26.9. The quantitative estimate of drug-likeness (QED) is 0.165. The maximum Gasteiger partial charge on any atom is 0.267 e. The first-order chi connectivity index (χ1) is 18.6. The van der Waals surface area contributed by atoms with E-state index in [1.165, 1.54) is 64.2 Å². The molecule has 0 aromatic rings. The Hall–Kier alpha value is -0.700. The van der Waals surface area contributed by atoms with Crippen molar-refractivity contribution in [3.05, 3.63) is 0 Å². The van der Waals surface area contributed by atoms with Gasteiger partial charge >= 0.3 is 0 Å². The van der Waals surface area contributed by atoms with Crippen LogP contribution in [0.4, 0.5) is 0 Å². The largest absolute Gasteiger partial charge is 0.386 e. The number of carbonyl (C=O) groups is 1. The Morgan fingerprint density at radius 2 is 1.73 bits per heavy atom. The van der Waals surface area contributed by atoms with Crippen molar-refractivity contribution in [3.8, 4) is 0 Å². The zero-order valence-electron chi connectivity index (χ0n) is 26.0. The van der Waals surface area contributed by atoms with Crippen LogP contribution in [0, 0.1) is 46.3 Å². The predicted molar refractivity (Wildman–Crippen MR) is 160 cm³/mol. The molecule has 4 saturated carbocycles. The van der Waals surface area contributed by atoms with Gasteiger partial charge in [-0.15, -0.1) is 0 Å². The molecule has 0 spiro atoms. The number of quaternary nitrogens is 1. The van der Waals surface area contributed by atoms with Crippen LogP contribution in [0.1, 0.15) is 104 Å². The molecule has 4 rings (SSSR count). The van der Waals surface area contributed by atoms with Crippen molar-refractivity contribution in [1.29, 1.82) is 0 Å². The van der Waals surface area contributed by atoms with E-state index in [2.05, 4.69) is 26.1 Å². The Morgan fingerprint density at radius 3 is 2.45 bits per heavy atom. The Kier molecular flexibility index (Phi) is 10.1. The van der Waals surface area contributed by atoms with Gasteiger partial charge in [-0.1, -0.05) is 33.6 Å². The van der Waals surface area contributed by atoms with E-state index in [1.807, 2.05) is 14.1 Å². The van der Waals surface area contributed by atoms with Crippen LogP contribution in [0.3, 0.4) is 0 Å². The summed E-state index contributed by atoms with van der Waals surface area (Å²) in [4.78, 5) is 12.7. The molecule has 0 aromatic carbocycles. The molecule has 0 aromatic heterocycles. The Labute approximate surface area is 244 Å². The Bertz CT molecular complexity index is 986. The molecule has 0 saturated heterocycles. The van der Waals surface area contributed by atoms with Gasteiger partial charge in [0.2, 0.25) is 5.91 Å². The third-order valence-electron chi connectivity index (χ3n) is 12.5. The van der Waals surface area contributed by atoms with Crippen molar-refractivity contribution >= 4 is 16.0 Å². The molecule has 0 bridgehead atoms. The van der Waals surface area contributed by atoms with Crippen LogP contribution < -0.4 is 5.32 Å². The first-order valence-corrected chi connectivity index (χ1v) is 18.0. The lowest BCUT2D eigenvalue weighted by atomic mass is 9.44. The summed E-state index contributed by atoms with van der Waals surface area (Å²) in [5.41, 5.74) is 1.04. The second-order valence-electron chi connectivity index (χ2n) is 15.6. The third kappa shape index (κ3) is 7.26. The maximum atomic E-state index is 12.7. The molecule has 4 aliphatic carbocycles. The summed E-state index contributed by atoms with van der Waals surface area (Å²) >= 11 is 0. The number of likely N-dealkylation sites (N-methyl/N-ethyl adjacent to an activating group) is 1. The highest BCUT2D eigenvalue weighted by Crippen LogP contribution is 2.68. The summed E-state index contributed by atoms with van der Waals surface area (Å²) in [6.07, 6.45) is 15.5. The summed E-state index contributed by atoms with van der Waals surface area (Å²) in [5, 5.41) is 13.0. The van der Waals surface area contributed by atoms with Crippen molar-refractivity contribution in [1.82, 2.24) is 5.32 Å². The minimum Gasteiger partial charge on any atom is -0.386 e. The van der Waals surface area contributed by atoms with Crippen LogP contribution in [0.25, 0.3) is 0 Å². The first-order valence-electron chi connectivity index (χ1n) is 16.4. The van der Waals surface area contributed by atoms with Crippen LogP contribution in [0.5, 0.6) is 0 Å². The Morgan fingerprint density at radius 1 is 1.00 bits per heavy atom. The molecule has 0 heterocycles. The lowest BCUT2D eigenvalue weighted by molar-refractivity contribution is -0.893. The molecule has 0 radical (unpaired) electrons. The van der Waals surface area contributed by atoms with Gasteiger partial charge in [0, 0.05) is 19.4 Å². The Balaban J connectivity index is 1.20. The normalized spacial score (nSPS) is 37.6. The van der Waals surface area contributed by atoms with Gasteiger partial charge in [0.1, 0.15) is 18.4 Å². The number of hydrogen-bond donors (Lipinski definition) is 3. The number of hydrogen-bond acceptors (Lipinski definition) is 4. The van der Waals surface area contributed by atoms with Gasteiger partial charge in [-0.05, 0) is 104 Å².